The number of nitrogens with one attached hydrogen (secondary N) is 1. The van der Waals surface area contributed by atoms with E-state index >= 15 is 0 Å². The summed E-state index contributed by atoms with van der Waals surface area (Å²) in [6, 6.07) is 0.427. The summed E-state index contributed by atoms with van der Waals surface area (Å²) >= 11 is 0. The summed E-state index contributed by atoms with van der Waals surface area (Å²) in [5.74, 6) is 3.76. The van der Waals surface area contributed by atoms with Crippen molar-refractivity contribution >= 4 is 9.84 Å². The molecular weight excluding hydrogens is 246 g/mol. The molecule has 18 heavy (non-hydrogen) atoms. The molecule has 0 amide bonds. The van der Waals surface area contributed by atoms with Crippen LogP contribution in [0.1, 0.15) is 45.4 Å². The van der Waals surface area contributed by atoms with Crippen molar-refractivity contribution in [2.24, 2.45) is 5.92 Å². The van der Waals surface area contributed by atoms with E-state index in [1.54, 1.807) is 0 Å². The lowest BCUT2D eigenvalue weighted by Crippen LogP contribution is -2.32. The number of terminal acetylenes is 1. The quantitative estimate of drug-likeness (QED) is 0.542. The van der Waals surface area contributed by atoms with Gasteiger partial charge in [0.15, 0.2) is 9.84 Å². The maximum atomic E-state index is 11.4. The van der Waals surface area contributed by atoms with Crippen LogP contribution in [0.25, 0.3) is 0 Å². The number of hydrogen-bond acceptors (Lipinski definition) is 3. The second-order valence-corrected chi connectivity index (χ2v) is 7.48. The molecule has 1 saturated heterocycles. The van der Waals surface area contributed by atoms with E-state index in [0.717, 1.165) is 45.1 Å². The van der Waals surface area contributed by atoms with Crippen LogP contribution in [0.4, 0.5) is 0 Å². The Bertz CT molecular complexity index is 370. The van der Waals surface area contributed by atoms with Crippen LogP contribution >= 0.6 is 0 Å². The van der Waals surface area contributed by atoms with Crippen LogP contribution < -0.4 is 5.32 Å². The molecule has 1 heterocycles. The average molecular weight is 271 g/mol. The van der Waals surface area contributed by atoms with Crippen LogP contribution in [0, 0.1) is 18.3 Å². The third-order valence-electron chi connectivity index (χ3n) is 3.50. The highest BCUT2D eigenvalue weighted by Gasteiger charge is 2.29. The molecule has 104 valence electrons. The van der Waals surface area contributed by atoms with Gasteiger partial charge >= 0.3 is 0 Å². The van der Waals surface area contributed by atoms with E-state index < -0.39 is 9.84 Å². The summed E-state index contributed by atoms with van der Waals surface area (Å²) in [7, 11) is -2.75. The van der Waals surface area contributed by atoms with Crippen LogP contribution in [0.2, 0.25) is 0 Å². The molecular formula is C14H25NO2S. The van der Waals surface area contributed by atoms with Crippen molar-refractivity contribution in [2.45, 2.75) is 51.5 Å². The number of rotatable bonds is 8. The van der Waals surface area contributed by atoms with Crippen LogP contribution in [0.15, 0.2) is 0 Å². The lowest BCUT2D eigenvalue weighted by atomic mass is 9.95. The van der Waals surface area contributed by atoms with Gasteiger partial charge in [-0.3, -0.25) is 0 Å². The van der Waals surface area contributed by atoms with Crippen molar-refractivity contribution in [1.29, 1.82) is 0 Å². The molecule has 2 atom stereocenters. The Morgan fingerprint density at radius 3 is 2.83 bits per heavy atom. The van der Waals surface area contributed by atoms with Crippen molar-refractivity contribution in [3.05, 3.63) is 0 Å². The Morgan fingerprint density at radius 2 is 2.28 bits per heavy atom. The monoisotopic (exact) mass is 271 g/mol. The van der Waals surface area contributed by atoms with Gasteiger partial charge in [0.1, 0.15) is 0 Å². The molecule has 0 aromatic carbocycles. The summed E-state index contributed by atoms with van der Waals surface area (Å²) in [6.45, 7) is 3.14. The summed E-state index contributed by atoms with van der Waals surface area (Å²) in [5.41, 5.74) is 0. The molecule has 3 nitrogen and oxygen atoms in total. The molecule has 1 fully saturated rings. The number of unbranched alkanes of at least 4 members (excludes halogenated alkanes) is 1. The highest BCUT2D eigenvalue weighted by Crippen LogP contribution is 2.24. The predicted octanol–water partition coefficient (Wildman–Crippen LogP) is 1.98. The van der Waals surface area contributed by atoms with Gasteiger partial charge in [-0.15, -0.1) is 12.3 Å². The maximum absolute atomic E-state index is 11.4. The Balaban J connectivity index is 2.38. The van der Waals surface area contributed by atoms with E-state index in [-0.39, 0.29) is 0 Å². The van der Waals surface area contributed by atoms with Crippen molar-refractivity contribution in [3.63, 3.8) is 0 Å². The number of hydrogen-bond donors (Lipinski definition) is 1. The van der Waals surface area contributed by atoms with Gasteiger partial charge in [-0.1, -0.05) is 6.92 Å². The molecule has 1 N–H and O–H groups in total. The van der Waals surface area contributed by atoms with Crippen LogP contribution in [-0.4, -0.2) is 32.5 Å². The fourth-order valence-corrected chi connectivity index (χ4v) is 4.44. The first-order chi connectivity index (χ1) is 8.57. The Kier molecular flexibility index (Phi) is 6.73. The zero-order valence-electron chi connectivity index (χ0n) is 11.3. The van der Waals surface area contributed by atoms with Gasteiger partial charge in [0.25, 0.3) is 0 Å². The van der Waals surface area contributed by atoms with Gasteiger partial charge in [0.05, 0.1) is 11.5 Å². The van der Waals surface area contributed by atoms with Crippen LogP contribution in [0.3, 0.4) is 0 Å². The predicted molar refractivity (Wildman–Crippen MR) is 76.1 cm³/mol. The summed E-state index contributed by atoms with van der Waals surface area (Å²) in [4.78, 5) is 0. The topological polar surface area (TPSA) is 46.2 Å². The minimum atomic E-state index is -2.75. The van der Waals surface area contributed by atoms with E-state index in [1.807, 2.05) is 0 Å². The average Bonchev–Trinajstić information content (AvgIpc) is 2.65. The normalized spacial score (nSPS) is 23.7. The molecule has 0 spiro atoms. The lowest BCUT2D eigenvalue weighted by molar-refractivity contribution is 0.381. The standard InChI is InChI=1S/C14H25NO2S/c1-3-5-6-7-14(15-9-4-2)11-13-8-10-18(16,17)12-13/h1,13-15H,4-12H2,2H3. The largest absolute Gasteiger partial charge is 0.314 e. The van der Waals surface area contributed by atoms with Gasteiger partial charge < -0.3 is 5.32 Å². The van der Waals surface area contributed by atoms with E-state index in [9.17, 15) is 8.42 Å². The van der Waals surface area contributed by atoms with E-state index in [1.165, 1.54) is 0 Å². The minimum absolute atomic E-state index is 0.343. The molecule has 1 aliphatic rings. The van der Waals surface area contributed by atoms with E-state index in [4.69, 9.17) is 6.42 Å². The van der Waals surface area contributed by atoms with Crippen molar-refractivity contribution in [3.8, 4) is 12.3 Å². The smallest absolute Gasteiger partial charge is 0.150 e. The fraction of sp³-hybridized carbons (Fsp3) is 0.857. The minimum Gasteiger partial charge on any atom is -0.314 e. The van der Waals surface area contributed by atoms with Gasteiger partial charge in [0, 0.05) is 12.5 Å². The highest BCUT2D eigenvalue weighted by atomic mass is 32.2. The molecule has 0 aromatic heterocycles. The maximum Gasteiger partial charge on any atom is 0.150 e. The summed E-state index contributed by atoms with van der Waals surface area (Å²) in [5, 5.41) is 3.52. The first-order valence-corrected chi connectivity index (χ1v) is 8.76. The molecule has 0 aromatic rings. The Labute approximate surface area is 112 Å². The molecule has 0 saturated carbocycles. The third-order valence-corrected chi connectivity index (χ3v) is 5.34. The number of sulfone groups is 1. The lowest BCUT2D eigenvalue weighted by Gasteiger charge is -2.21. The Morgan fingerprint density at radius 1 is 1.50 bits per heavy atom. The highest BCUT2D eigenvalue weighted by molar-refractivity contribution is 7.91. The summed E-state index contributed by atoms with van der Waals surface area (Å²) < 4.78 is 22.9. The second kappa shape index (κ2) is 7.81. The van der Waals surface area contributed by atoms with Gasteiger partial charge in [-0.05, 0) is 44.6 Å². The van der Waals surface area contributed by atoms with Gasteiger partial charge in [-0.2, -0.15) is 0 Å². The van der Waals surface area contributed by atoms with Crippen molar-refractivity contribution in [1.82, 2.24) is 5.32 Å². The van der Waals surface area contributed by atoms with Gasteiger partial charge in [0.2, 0.25) is 0 Å². The molecule has 1 rings (SSSR count). The fourth-order valence-electron chi connectivity index (χ4n) is 2.56. The first-order valence-electron chi connectivity index (χ1n) is 6.94. The summed E-state index contributed by atoms with van der Waals surface area (Å²) in [6.07, 6.45) is 11.1. The zero-order chi connectivity index (χ0) is 13.4. The SMILES string of the molecule is C#CCCCC(CC1CCS(=O)(=O)C1)NCCC. The molecule has 0 bridgehead atoms. The molecule has 0 radical (unpaired) electrons. The third kappa shape index (κ3) is 5.88. The molecule has 2 unspecified atom stereocenters. The van der Waals surface area contributed by atoms with Gasteiger partial charge in [-0.25, -0.2) is 8.42 Å². The Hall–Kier alpha value is -0.530. The van der Waals surface area contributed by atoms with Crippen LogP contribution in [0.5, 0.6) is 0 Å². The first kappa shape index (κ1) is 15.5. The van der Waals surface area contributed by atoms with Crippen LogP contribution in [-0.2, 0) is 9.84 Å². The second-order valence-electron chi connectivity index (χ2n) is 5.25. The van der Waals surface area contributed by atoms with Crippen molar-refractivity contribution < 1.29 is 8.42 Å². The van der Waals surface area contributed by atoms with E-state index in [0.29, 0.717) is 23.5 Å². The van der Waals surface area contributed by atoms with Crippen molar-refractivity contribution in [2.75, 3.05) is 18.1 Å². The zero-order valence-corrected chi connectivity index (χ0v) is 12.1. The van der Waals surface area contributed by atoms with E-state index in [2.05, 4.69) is 18.2 Å². The molecule has 0 aliphatic carbocycles. The molecule has 4 heteroatoms. The molecule has 1 aliphatic heterocycles.